The third kappa shape index (κ3) is 6.61. The predicted molar refractivity (Wildman–Crippen MR) is 138 cm³/mol. The van der Waals surface area contributed by atoms with E-state index in [2.05, 4.69) is 10.3 Å². The molecule has 1 atom stereocenters. The molecule has 1 aromatic heterocycles. The Labute approximate surface area is 226 Å². The molecule has 40 heavy (non-hydrogen) atoms. The molecule has 2 N–H and O–H groups in total. The molecule has 3 aromatic rings. The van der Waals surface area contributed by atoms with E-state index in [1.54, 1.807) is 24.3 Å². The monoisotopic (exact) mass is 567 g/mol. The van der Waals surface area contributed by atoms with Crippen molar-refractivity contribution >= 4 is 23.2 Å². The van der Waals surface area contributed by atoms with Gasteiger partial charge in [-0.3, -0.25) is 9.59 Å². The lowest BCUT2D eigenvalue weighted by Gasteiger charge is -2.32. The zero-order valence-corrected chi connectivity index (χ0v) is 22.2. The lowest BCUT2D eigenvalue weighted by Crippen LogP contribution is -2.42. The molecule has 0 fully saturated rings. The first kappa shape index (κ1) is 30.6. The number of hydrogen-bond donors (Lipinski definition) is 2. The SMILES string of the molecule is CC(=O)C(O)Nc1ccc(N(C)C(=O)C(C)(C)c2cc(C(F)(F)F)cc(C(F)(F)F)c2)c(-c2ccc(C)cc2)n1. The van der Waals surface area contributed by atoms with Crippen molar-refractivity contribution < 1.29 is 41.0 Å². The van der Waals surface area contributed by atoms with Crippen molar-refractivity contribution in [1.82, 2.24) is 4.98 Å². The van der Waals surface area contributed by atoms with Crippen molar-refractivity contribution in [2.75, 3.05) is 17.3 Å². The summed E-state index contributed by atoms with van der Waals surface area (Å²) in [6.07, 6.45) is -11.7. The van der Waals surface area contributed by atoms with Crippen LogP contribution in [0.25, 0.3) is 11.3 Å². The van der Waals surface area contributed by atoms with Crippen molar-refractivity contribution in [1.29, 1.82) is 0 Å². The number of carbonyl (C=O) groups is 2. The highest BCUT2D eigenvalue weighted by Crippen LogP contribution is 2.40. The predicted octanol–water partition coefficient (Wildman–Crippen LogP) is 6.35. The normalized spacial score (nSPS) is 13.1. The maximum absolute atomic E-state index is 13.7. The van der Waals surface area contributed by atoms with E-state index in [4.69, 9.17) is 0 Å². The molecule has 0 radical (unpaired) electrons. The molecular weight excluding hydrogens is 540 g/mol. The Bertz CT molecular complexity index is 1380. The van der Waals surface area contributed by atoms with Crippen LogP contribution in [-0.4, -0.2) is 35.1 Å². The number of aryl methyl sites for hydroxylation is 1. The third-order valence-electron chi connectivity index (χ3n) is 6.38. The van der Waals surface area contributed by atoms with Crippen molar-refractivity contribution in [2.24, 2.45) is 0 Å². The van der Waals surface area contributed by atoms with Gasteiger partial charge in [0.2, 0.25) is 5.91 Å². The smallest absolute Gasteiger partial charge is 0.367 e. The van der Waals surface area contributed by atoms with Gasteiger partial charge in [-0.2, -0.15) is 26.3 Å². The van der Waals surface area contributed by atoms with E-state index in [1.165, 1.54) is 40.0 Å². The number of likely N-dealkylation sites (N-methyl/N-ethyl adjacent to an activating group) is 1. The summed E-state index contributed by atoms with van der Waals surface area (Å²) >= 11 is 0. The molecule has 1 amide bonds. The molecular formula is C28H27F6N3O3. The average Bonchev–Trinajstić information content (AvgIpc) is 2.86. The van der Waals surface area contributed by atoms with Gasteiger partial charge in [0.1, 0.15) is 5.82 Å². The van der Waals surface area contributed by atoms with Crippen LogP contribution >= 0.6 is 0 Å². The number of aliphatic hydroxyl groups is 1. The number of alkyl halides is 6. The number of hydrogen-bond acceptors (Lipinski definition) is 5. The number of nitrogens with one attached hydrogen (secondary N) is 1. The van der Waals surface area contributed by atoms with Crippen molar-refractivity contribution in [2.45, 2.75) is 51.7 Å². The first-order chi connectivity index (χ1) is 18.3. The number of carbonyl (C=O) groups excluding carboxylic acids is 2. The molecule has 12 heteroatoms. The fourth-order valence-corrected chi connectivity index (χ4v) is 3.94. The highest BCUT2D eigenvalue weighted by Gasteiger charge is 2.41. The largest absolute Gasteiger partial charge is 0.416 e. The molecule has 0 aliphatic rings. The van der Waals surface area contributed by atoms with Crippen LogP contribution in [-0.2, 0) is 27.4 Å². The molecule has 0 saturated carbocycles. The summed E-state index contributed by atoms with van der Waals surface area (Å²) in [6.45, 7) is 5.49. The van der Waals surface area contributed by atoms with E-state index in [9.17, 15) is 41.0 Å². The van der Waals surface area contributed by atoms with E-state index in [0.717, 1.165) is 10.5 Å². The van der Waals surface area contributed by atoms with E-state index in [1.807, 2.05) is 6.92 Å². The van der Waals surface area contributed by atoms with Crippen molar-refractivity contribution in [3.05, 3.63) is 76.9 Å². The van der Waals surface area contributed by atoms with Crippen LogP contribution in [0, 0.1) is 6.92 Å². The zero-order chi connectivity index (χ0) is 30.2. The molecule has 0 aliphatic carbocycles. The highest BCUT2D eigenvalue weighted by molar-refractivity contribution is 6.02. The number of ketones is 1. The minimum atomic E-state index is -5.07. The Balaban J connectivity index is 2.12. The Kier molecular flexibility index (Phi) is 8.35. The number of rotatable bonds is 7. The van der Waals surface area contributed by atoms with Gasteiger partial charge < -0.3 is 15.3 Å². The fraction of sp³-hybridized carbons (Fsp3) is 0.321. The summed E-state index contributed by atoms with van der Waals surface area (Å²) in [7, 11) is 1.33. The zero-order valence-electron chi connectivity index (χ0n) is 22.2. The number of pyridine rings is 1. The van der Waals surface area contributed by atoms with Crippen LogP contribution < -0.4 is 10.2 Å². The summed E-state index contributed by atoms with van der Waals surface area (Å²) in [5.41, 5.74) is -3.51. The second-order valence-electron chi connectivity index (χ2n) is 9.87. The Morgan fingerprint density at radius 1 is 0.875 bits per heavy atom. The fourth-order valence-electron chi connectivity index (χ4n) is 3.94. The molecule has 0 spiro atoms. The Hall–Kier alpha value is -3.93. The van der Waals surface area contributed by atoms with Crippen LogP contribution in [0.4, 0.5) is 37.8 Å². The molecule has 0 aliphatic heterocycles. The third-order valence-corrected chi connectivity index (χ3v) is 6.38. The molecule has 1 unspecified atom stereocenters. The number of nitrogens with zero attached hydrogens (tertiary/aromatic N) is 2. The maximum atomic E-state index is 13.7. The van der Waals surface area contributed by atoms with E-state index in [-0.39, 0.29) is 23.3 Å². The second-order valence-corrected chi connectivity index (χ2v) is 9.87. The van der Waals surface area contributed by atoms with Gasteiger partial charge in [0.05, 0.1) is 27.9 Å². The van der Waals surface area contributed by atoms with Gasteiger partial charge in [0.25, 0.3) is 0 Å². The summed E-state index contributed by atoms with van der Waals surface area (Å²) in [5.74, 6) is -1.29. The van der Waals surface area contributed by atoms with Crippen molar-refractivity contribution in [3.63, 3.8) is 0 Å². The first-order valence-electron chi connectivity index (χ1n) is 11.9. The molecule has 0 bridgehead atoms. The number of halogens is 6. The van der Waals surface area contributed by atoms with Crippen LogP contribution in [0.3, 0.4) is 0 Å². The number of amides is 1. The van der Waals surface area contributed by atoms with Gasteiger partial charge >= 0.3 is 12.4 Å². The van der Waals surface area contributed by atoms with E-state index >= 15 is 0 Å². The quantitative estimate of drug-likeness (QED) is 0.257. The standard InChI is InChI=1S/C28H27F6N3O3/c1-15-6-8-17(9-7-15)23-21(10-11-22(35-23)36-24(39)16(2)38)37(5)25(40)26(3,4)18-12-19(27(29,30)31)14-20(13-18)28(32,33)34/h6-14,24,39H,1-5H3,(H,35,36). The minimum Gasteiger partial charge on any atom is -0.367 e. The lowest BCUT2D eigenvalue weighted by atomic mass is 9.81. The maximum Gasteiger partial charge on any atom is 0.416 e. The van der Waals surface area contributed by atoms with Gasteiger partial charge in [-0.25, -0.2) is 4.98 Å². The van der Waals surface area contributed by atoms with Crippen LogP contribution in [0.5, 0.6) is 0 Å². The first-order valence-corrected chi connectivity index (χ1v) is 11.9. The summed E-state index contributed by atoms with van der Waals surface area (Å²) < 4.78 is 80.9. The van der Waals surface area contributed by atoms with Gasteiger partial charge in [0.15, 0.2) is 12.0 Å². The van der Waals surface area contributed by atoms with Gasteiger partial charge in [0, 0.05) is 12.6 Å². The molecule has 3 rings (SSSR count). The second kappa shape index (κ2) is 10.9. The minimum absolute atomic E-state index is 0.00831. The molecule has 0 saturated heterocycles. The number of Topliss-reactive ketones (excluding diaryl/α,β-unsaturated/α-hetero) is 1. The number of aromatic nitrogens is 1. The van der Waals surface area contributed by atoms with Crippen LogP contribution in [0.1, 0.15) is 43.0 Å². The van der Waals surface area contributed by atoms with Gasteiger partial charge in [-0.15, -0.1) is 0 Å². The van der Waals surface area contributed by atoms with Gasteiger partial charge in [-0.1, -0.05) is 29.8 Å². The molecule has 1 heterocycles. The van der Waals surface area contributed by atoms with Crippen molar-refractivity contribution in [3.8, 4) is 11.3 Å². The Morgan fingerprint density at radius 2 is 1.38 bits per heavy atom. The number of aliphatic hydroxyl groups excluding tert-OH is 1. The molecule has 2 aromatic carbocycles. The van der Waals surface area contributed by atoms with E-state index in [0.29, 0.717) is 17.7 Å². The van der Waals surface area contributed by atoms with Crippen LogP contribution in [0.15, 0.2) is 54.6 Å². The lowest BCUT2D eigenvalue weighted by molar-refractivity contribution is -0.143. The number of benzene rings is 2. The van der Waals surface area contributed by atoms with Crippen LogP contribution in [0.2, 0.25) is 0 Å². The summed E-state index contributed by atoms with van der Waals surface area (Å²) in [6, 6.07) is 10.9. The Morgan fingerprint density at radius 3 is 1.85 bits per heavy atom. The highest BCUT2D eigenvalue weighted by atomic mass is 19.4. The summed E-state index contributed by atoms with van der Waals surface area (Å²) in [4.78, 5) is 30.7. The molecule has 6 nitrogen and oxygen atoms in total. The number of anilines is 2. The summed E-state index contributed by atoms with van der Waals surface area (Å²) in [5, 5.41) is 12.4. The average molecular weight is 568 g/mol. The van der Waals surface area contributed by atoms with E-state index < -0.39 is 52.4 Å². The topological polar surface area (TPSA) is 82.5 Å². The van der Waals surface area contributed by atoms with Gasteiger partial charge in [-0.05, 0) is 63.6 Å². The molecule has 214 valence electrons.